The molecule has 1 N–H and O–H groups in total. The van der Waals surface area contributed by atoms with Crippen molar-refractivity contribution in [1.29, 1.82) is 0 Å². The molecule has 1 aromatic heterocycles. The summed E-state index contributed by atoms with van der Waals surface area (Å²) < 4.78 is 39.9. The topological polar surface area (TPSA) is 76.3 Å². The lowest BCUT2D eigenvalue weighted by Gasteiger charge is -2.14. The van der Waals surface area contributed by atoms with Crippen LogP contribution in [0.3, 0.4) is 0 Å². The highest BCUT2D eigenvalue weighted by molar-refractivity contribution is 6.36. The highest BCUT2D eigenvalue weighted by atomic mass is 35.5. The van der Waals surface area contributed by atoms with Crippen molar-refractivity contribution in [3.63, 3.8) is 0 Å². The first-order valence-corrected chi connectivity index (χ1v) is 7.20. The maximum Gasteiger partial charge on any atom is 0.417 e. The van der Waals surface area contributed by atoms with Gasteiger partial charge in [0.15, 0.2) is 0 Å². The highest BCUT2D eigenvalue weighted by Crippen LogP contribution is 2.46. The van der Waals surface area contributed by atoms with Gasteiger partial charge >= 0.3 is 6.18 Å². The standard InChI is InChI=1S/C16H8ClF3N2O3/c17-10-7-11(22(24)25)13(8-3-1-2-4-12(8)23)15-14(10)9(5-6-21-15)16(18,19)20/h1-7,23H. The Hall–Kier alpha value is -2.87. The van der Waals surface area contributed by atoms with Crippen LogP contribution in [-0.2, 0) is 6.18 Å². The van der Waals surface area contributed by atoms with E-state index in [1.807, 2.05) is 0 Å². The average Bonchev–Trinajstić information content (AvgIpc) is 2.54. The minimum absolute atomic E-state index is 0.0114. The Kier molecular flexibility index (Phi) is 4.00. The molecule has 0 amide bonds. The molecule has 3 rings (SSSR count). The first-order chi connectivity index (χ1) is 11.7. The molecule has 0 aliphatic carbocycles. The van der Waals surface area contributed by atoms with Gasteiger partial charge in [-0.25, -0.2) is 0 Å². The Labute approximate surface area is 143 Å². The van der Waals surface area contributed by atoms with E-state index in [1.54, 1.807) is 0 Å². The fourth-order valence-electron chi connectivity index (χ4n) is 2.61. The van der Waals surface area contributed by atoms with Gasteiger partial charge in [0, 0.05) is 23.2 Å². The molecule has 0 spiro atoms. The summed E-state index contributed by atoms with van der Waals surface area (Å²) >= 11 is 5.91. The average molecular weight is 369 g/mol. The molecule has 0 bridgehead atoms. The number of pyridine rings is 1. The minimum atomic E-state index is -4.73. The van der Waals surface area contributed by atoms with Crippen molar-refractivity contribution >= 4 is 28.2 Å². The number of fused-ring (bicyclic) bond motifs is 1. The number of hydrogen-bond donors (Lipinski definition) is 1. The van der Waals surface area contributed by atoms with Crippen LogP contribution >= 0.6 is 11.6 Å². The van der Waals surface area contributed by atoms with Crippen LogP contribution in [0.5, 0.6) is 5.75 Å². The quantitative estimate of drug-likeness (QED) is 0.499. The summed E-state index contributed by atoms with van der Waals surface area (Å²) in [5, 5.41) is 20.5. The number of nitrogens with zero attached hydrogens (tertiary/aromatic N) is 2. The zero-order valence-corrected chi connectivity index (χ0v) is 13.0. The molecular formula is C16H8ClF3N2O3. The molecular weight excluding hydrogens is 361 g/mol. The van der Waals surface area contributed by atoms with Crippen LogP contribution < -0.4 is 0 Å². The van der Waals surface area contributed by atoms with E-state index < -0.39 is 32.8 Å². The van der Waals surface area contributed by atoms with E-state index in [-0.39, 0.29) is 22.4 Å². The number of rotatable bonds is 2. The van der Waals surface area contributed by atoms with Gasteiger partial charge in [-0.15, -0.1) is 0 Å². The molecule has 0 saturated heterocycles. The van der Waals surface area contributed by atoms with E-state index in [0.717, 1.165) is 18.3 Å². The predicted molar refractivity (Wildman–Crippen MR) is 85.5 cm³/mol. The fraction of sp³-hybridized carbons (Fsp3) is 0.0625. The largest absolute Gasteiger partial charge is 0.507 e. The molecule has 0 radical (unpaired) electrons. The molecule has 1 heterocycles. The summed E-state index contributed by atoms with van der Waals surface area (Å²) in [5.74, 6) is -0.326. The van der Waals surface area contributed by atoms with Crippen molar-refractivity contribution in [3.05, 3.63) is 63.3 Å². The van der Waals surface area contributed by atoms with Gasteiger partial charge in [0.1, 0.15) is 5.75 Å². The van der Waals surface area contributed by atoms with Gasteiger partial charge in [0.25, 0.3) is 5.69 Å². The van der Waals surface area contributed by atoms with Crippen molar-refractivity contribution < 1.29 is 23.2 Å². The summed E-state index contributed by atoms with van der Waals surface area (Å²) in [6.07, 6.45) is -3.83. The molecule has 0 saturated carbocycles. The Morgan fingerprint density at radius 1 is 1.20 bits per heavy atom. The van der Waals surface area contributed by atoms with Gasteiger partial charge in [0.2, 0.25) is 0 Å². The molecule has 9 heteroatoms. The zero-order valence-electron chi connectivity index (χ0n) is 12.2. The fourth-order valence-corrected chi connectivity index (χ4v) is 2.90. The SMILES string of the molecule is O=[N+]([O-])c1cc(Cl)c2c(C(F)(F)F)ccnc2c1-c1ccccc1O. The second-order valence-corrected chi connectivity index (χ2v) is 5.51. The summed E-state index contributed by atoms with van der Waals surface area (Å²) in [7, 11) is 0. The lowest BCUT2D eigenvalue weighted by atomic mass is 9.97. The second kappa shape index (κ2) is 5.89. The molecule has 0 unspecified atom stereocenters. The molecule has 128 valence electrons. The molecule has 0 aliphatic rings. The Balaban J connectivity index is 2.54. The number of alkyl halides is 3. The third kappa shape index (κ3) is 2.85. The van der Waals surface area contributed by atoms with E-state index in [9.17, 15) is 28.4 Å². The van der Waals surface area contributed by atoms with Crippen LogP contribution in [-0.4, -0.2) is 15.0 Å². The Morgan fingerprint density at radius 3 is 2.48 bits per heavy atom. The molecule has 25 heavy (non-hydrogen) atoms. The number of aromatic nitrogens is 1. The summed E-state index contributed by atoms with van der Waals surface area (Å²) in [6, 6.07) is 7.18. The third-order valence-corrected chi connectivity index (χ3v) is 3.92. The predicted octanol–water partition coefficient (Wildman–Crippen LogP) is 5.19. The minimum Gasteiger partial charge on any atom is -0.507 e. The first-order valence-electron chi connectivity index (χ1n) is 6.83. The number of aromatic hydroxyl groups is 1. The van der Waals surface area contributed by atoms with Gasteiger partial charge in [-0.2, -0.15) is 13.2 Å². The summed E-state index contributed by atoms with van der Waals surface area (Å²) in [4.78, 5) is 14.5. The smallest absolute Gasteiger partial charge is 0.417 e. The lowest BCUT2D eigenvalue weighted by Crippen LogP contribution is -2.07. The highest BCUT2D eigenvalue weighted by Gasteiger charge is 2.35. The van der Waals surface area contributed by atoms with Crippen molar-refractivity contribution in [2.75, 3.05) is 0 Å². The number of nitro benzene ring substituents is 1. The molecule has 0 atom stereocenters. The molecule has 0 aliphatic heterocycles. The van der Waals surface area contributed by atoms with E-state index in [1.165, 1.54) is 24.3 Å². The molecule has 5 nitrogen and oxygen atoms in total. The number of phenolic OH excluding ortho intramolecular Hbond substituents is 1. The van der Waals surface area contributed by atoms with Crippen LogP contribution in [0.2, 0.25) is 5.02 Å². The van der Waals surface area contributed by atoms with Crippen LogP contribution in [0.1, 0.15) is 5.56 Å². The Morgan fingerprint density at radius 2 is 1.88 bits per heavy atom. The number of phenols is 1. The van der Waals surface area contributed by atoms with Gasteiger partial charge < -0.3 is 5.11 Å². The first kappa shape index (κ1) is 17.0. The number of halogens is 4. The van der Waals surface area contributed by atoms with Gasteiger partial charge in [-0.1, -0.05) is 29.8 Å². The number of benzene rings is 2. The number of nitro groups is 1. The van der Waals surface area contributed by atoms with Crippen molar-refractivity contribution in [2.24, 2.45) is 0 Å². The maximum atomic E-state index is 13.3. The zero-order chi connectivity index (χ0) is 18.4. The number of hydrogen-bond acceptors (Lipinski definition) is 4. The normalized spacial score (nSPS) is 11.7. The van der Waals surface area contributed by atoms with E-state index >= 15 is 0 Å². The molecule has 3 aromatic rings. The second-order valence-electron chi connectivity index (χ2n) is 5.11. The van der Waals surface area contributed by atoms with Crippen LogP contribution in [0.25, 0.3) is 22.0 Å². The monoisotopic (exact) mass is 368 g/mol. The van der Waals surface area contributed by atoms with E-state index in [4.69, 9.17) is 11.6 Å². The third-order valence-electron chi connectivity index (χ3n) is 3.62. The van der Waals surface area contributed by atoms with Gasteiger partial charge in [-0.05, 0) is 12.1 Å². The van der Waals surface area contributed by atoms with E-state index in [2.05, 4.69) is 4.98 Å². The lowest BCUT2D eigenvalue weighted by molar-refractivity contribution is -0.384. The number of para-hydroxylation sites is 1. The van der Waals surface area contributed by atoms with Crippen LogP contribution in [0.4, 0.5) is 18.9 Å². The Bertz CT molecular complexity index is 1010. The van der Waals surface area contributed by atoms with E-state index in [0.29, 0.717) is 0 Å². The maximum absolute atomic E-state index is 13.3. The van der Waals surface area contributed by atoms with Crippen molar-refractivity contribution in [1.82, 2.24) is 4.98 Å². The summed E-state index contributed by atoms with van der Waals surface area (Å²) in [5.41, 5.74) is -2.16. The van der Waals surface area contributed by atoms with Gasteiger partial charge in [-0.3, -0.25) is 15.1 Å². The van der Waals surface area contributed by atoms with Crippen molar-refractivity contribution in [3.8, 4) is 16.9 Å². The summed E-state index contributed by atoms with van der Waals surface area (Å²) in [6.45, 7) is 0. The van der Waals surface area contributed by atoms with Crippen LogP contribution in [0, 0.1) is 10.1 Å². The molecule has 0 fully saturated rings. The van der Waals surface area contributed by atoms with Gasteiger partial charge in [0.05, 0.1) is 26.6 Å². The van der Waals surface area contributed by atoms with Crippen LogP contribution in [0.15, 0.2) is 42.6 Å². The molecule has 2 aromatic carbocycles. The van der Waals surface area contributed by atoms with Crippen molar-refractivity contribution in [2.45, 2.75) is 6.18 Å².